The third-order valence-electron chi connectivity index (χ3n) is 4.18. The number of nitro benzene ring substituents is 1. The Morgan fingerprint density at radius 2 is 1.88 bits per heavy atom. The van der Waals surface area contributed by atoms with Gasteiger partial charge in [-0.1, -0.05) is 42.5 Å². The van der Waals surface area contributed by atoms with E-state index in [0.29, 0.717) is 5.56 Å². The van der Waals surface area contributed by atoms with Crippen molar-refractivity contribution in [2.24, 2.45) is 0 Å². The average molecular weight is 323 g/mol. The lowest BCUT2D eigenvalue weighted by molar-refractivity contribution is -0.385. The lowest BCUT2D eigenvalue weighted by Gasteiger charge is -2.17. The Bertz CT molecular complexity index is 920. The number of aliphatic hydroxyl groups is 1. The maximum atomic E-state index is 11.2. The summed E-state index contributed by atoms with van der Waals surface area (Å²) in [5.41, 5.74) is 1.99. The molecule has 0 saturated carbocycles. The van der Waals surface area contributed by atoms with E-state index >= 15 is 0 Å². The van der Waals surface area contributed by atoms with Crippen LogP contribution in [-0.4, -0.2) is 17.1 Å². The van der Waals surface area contributed by atoms with Crippen LogP contribution in [0.1, 0.15) is 22.8 Å². The molecule has 3 aromatic carbocycles. The van der Waals surface area contributed by atoms with Crippen molar-refractivity contribution in [2.75, 3.05) is 7.11 Å². The standard InChI is InChI=1S/C19H17NO4/c1-12-7-8-13-5-3-4-6-15(13)18(12)19(21)14-9-10-17(24-2)16(11-14)20(22)23/h3-11,19,21H,1-2H3. The van der Waals surface area contributed by atoms with Crippen LogP contribution in [0.2, 0.25) is 0 Å². The summed E-state index contributed by atoms with van der Waals surface area (Å²) in [6, 6.07) is 16.2. The first kappa shape index (κ1) is 16.0. The molecule has 0 saturated heterocycles. The van der Waals surface area contributed by atoms with E-state index in [1.807, 2.05) is 43.3 Å². The minimum atomic E-state index is -0.958. The highest BCUT2D eigenvalue weighted by Crippen LogP contribution is 2.35. The lowest BCUT2D eigenvalue weighted by Crippen LogP contribution is -2.04. The first-order chi connectivity index (χ1) is 11.5. The average Bonchev–Trinajstić information content (AvgIpc) is 2.60. The van der Waals surface area contributed by atoms with Gasteiger partial charge in [0.1, 0.15) is 6.10 Å². The van der Waals surface area contributed by atoms with E-state index in [9.17, 15) is 15.2 Å². The maximum Gasteiger partial charge on any atom is 0.311 e. The summed E-state index contributed by atoms with van der Waals surface area (Å²) in [6.45, 7) is 1.92. The number of fused-ring (bicyclic) bond motifs is 1. The number of hydrogen-bond acceptors (Lipinski definition) is 4. The van der Waals surface area contributed by atoms with E-state index in [4.69, 9.17) is 4.74 Å². The molecular formula is C19H17NO4. The topological polar surface area (TPSA) is 72.6 Å². The second-order valence-corrected chi connectivity index (χ2v) is 5.61. The Morgan fingerprint density at radius 1 is 1.12 bits per heavy atom. The third-order valence-corrected chi connectivity index (χ3v) is 4.18. The molecule has 1 atom stereocenters. The molecule has 122 valence electrons. The molecule has 0 aliphatic carbocycles. The molecule has 0 amide bonds. The van der Waals surface area contributed by atoms with Gasteiger partial charge in [-0.15, -0.1) is 0 Å². The number of hydrogen-bond donors (Lipinski definition) is 1. The van der Waals surface area contributed by atoms with Gasteiger partial charge < -0.3 is 9.84 Å². The Morgan fingerprint density at radius 3 is 2.58 bits per heavy atom. The number of methoxy groups -OCH3 is 1. The van der Waals surface area contributed by atoms with Gasteiger partial charge in [0.05, 0.1) is 12.0 Å². The molecule has 3 aromatic rings. The van der Waals surface area contributed by atoms with Crippen molar-refractivity contribution in [1.82, 2.24) is 0 Å². The molecule has 0 radical (unpaired) electrons. The van der Waals surface area contributed by atoms with Crippen LogP contribution < -0.4 is 4.74 Å². The van der Waals surface area contributed by atoms with Crippen LogP contribution in [0.4, 0.5) is 5.69 Å². The van der Waals surface area contributed by atoms with Gasteiger partial charge in [0, 0.05) is 6.07 Å². The summed E-state index contributed by atoms with van der Waals surface area (Å²) in [4.78, 5) is 10.7. The van der Waals surface area contributed by atoms with E-state index in [1.165, 1.54) is 19.2 Å². The highest BCUT2D eigenvalue weighted by Gasteiger charge is 2.21. The highest BCUT2D eigenvalue weighted by molar-refractivity contribution is 5.87. The van der Waals surface area contributed by atoms with Crippen LogP contribution in [0.15, 0.2) is 54.6 Å². The zero-order chi connectivity index (χ0) is 17.3. The Kier molecular flexibility index (Phi) is 4.18. The molecule has 0 bridgehead atoms. The van der Waals surface area contributed by atoms with E-state index in [0.717, 1.165) is 21.9 Å². The van der Waals surface area contributed by atoms with Crippen molar-refractivity contribution in [3.8, 4) is 5.75 Å². The first-order valence-corrected chi connectivity index (χ1v) is 7.51. The number of benzene rings is 3. The Labute approximate surface area is 139 Å². The molecule has 0 spiro atoms. The van der Waals surface area contributed by atoms with Gasteiger partial charge in [0.2, 0.25) is 0 Å². The highest BCUT2D eigenvalue weighted by atomic mass is 16.6. The molecular weight excluding hydrogens is 306 g/mol. The van der Waals surface area contributed by atoms with E-state index < -0.39 is 11.0 Å². The number of nitrogens with zero attached hydrogens (tertiary/aromatic N) is 1. The van der Waals surface area contributed by atoms with Crippen LogP contribution in [0, 0.1) is 17.0 Å². The molecule has 0 aliphatic heterocycles. The van der Waals surface area contributed by atoms with E-state index in [-0.39, 0.29) is 11.4 Å². The number of nitro groups is 1. The minimum Gasteiger partial charge on any atom is -0.490 e. The smallest absolute Gasteiger partial charge is 0.311 e. The molecule has 1 unspecified atom stereocenters. The van der Waals surface area contributed by atoms with Gasteiger partial charge in [-0.25, -0.2) is 0 Å². The van der Waals surface area contributed by atoms with Crippen molar-refractivity contribution in [2.45, 2.75) is 13.0 Å². The summed E-state index contributed by atoms with van der Waals surface area (Å²) in [5, 5.41) is 24.0. The van der Waals surface area contributed by atoms with Gasteiger partial charge >= 0.3 is 5.69 Å². The molecule has 1 N–H and O–H groups in total. The Hall–Kier alpha value is -2.92. The summed E-state index contributed by atoms with van der Waals surface area (Å²) in [6.07, 6.45) is -0.958. The van der Waals surface area contributed by atoms with Crippen LogP contribution in [0.5, 0.6) is 5.75 Å². The fourth-order valence-corrected chi connectivity index (χ4v) is 2.95. The van der Waals surface area contributed by atoms with Gasteiger partial charge in [-0.2, -0.15) is 0 Å². The second kappa shape index (κ2) is 6.29. The van der Waals surface area contributed by atoms with Gasteiger partial charge in [0.15, 0.2) is 5.75 Å². The molecule has 0 heterocycles. The summed E-state index contributed by atoms with van der Waals surface area (Å²) < 4.78 is 5.02. The van der Waals surface area contributed by atoms with Crippen LogP contribution in [0.25, 0.3) is 10.8 Å². The molecule has 0 aromatic heterocycles. The quantitative estimate of drug-likeness (QED) is 0.578. The number of ether oxygens (including phenoxy) is 1. The zero-order valence-corrected chi connectivity index (χ0v) is 13.4. The van der Waals surface area contributed by atoms with Gasteiger partial charge in [0.25, 0.3) is 0 Å². The van der Waals surface area contributed by atoms with E-state index in [2.05, 4.69) is 0 Å². The fourth-order valence-electron chi connectivity index (χ4n) is 2.95. The predicted octanol–water partition coefficient (Wildman–Crippen LogP) is 4.15. The fraction of sp³-hybridized carbons (Fsp3) is 0.158. The SMILES string of the molecule is COc1ccc(C(O)c2c(C)ccc3ccccc23)cc1[N+](=O)[O-]. The van der Waals surface area contributed by atoms with Gasteiger partial charge in [-0.05, 0) is 40.5 Å². The Balaban J connectivity index is 2.16. The predicted molar refractivity (Wildman–Crippen MR) is 92.4 cm³/mol. The molecule has 5 heteroatoms. The van der Waals surface area contributed by atoms with Gasteiger partial charge in [-0.3, -0.25) is 10.1 Å². The monoisotopic (exact) mass is 323 g/mol. The lowest BCUT2D eigenvalue weighted by atomic mass is 9.92. The molecule has 0 fully saturated rings. The minimum absolute atomic E-state index is 0.160. The molecule has 24 heavy (non-hydrogen) atoms. The van der Waals surface area contributed by atoms with Crippen LogP contribution in [0.3, 0.4) is 0 Å². The summed E-state index contributed by atoms with van der Waals surface area (Å²) in [5.74, 6) is 0.172. The van der Waals surface area contributed by atoms with Crippen molar-refractivity contribution in [3.05, 3.63) is 81.4 Å². The summed E-state index contributed by atoms with van der Waals surface area (Å²) in [7, 11) is 1.38. The van der Waals surface area contributed by atoms with Crippen molar-refractivity contribution in [1.29, 1.82) is 0 Å². The largest absolute Gasteiger partial charge is 0.490 e. The molecule has 0 aliphatic rings. The third kappa shape index (κ3) is 2.70. The van der Waals surface area contributed by atoms with Crippen LogP contribution in [-0.2, 0) is 0 Å². The molecule has 5 nitrogen and oxygen atoms in total. The van der Waals surface area contributed by atoms with Crippen molar-refractivity contribution < 1.29 is 14.8 Å². The first-order valence-electron chi connectivity index (χ1n) is 7.51. The summed E-state index contributed by atoms with van der Waals surface area (Å²) >= 11 is 0. The second-order valence-electron chi connectivity index (χ2n) is 5.61. The maximum absolute atomic E-state index is 11.2. The van der Waals surface area contributed by atoms with E-state index in [1.54, 1.807) is 6.07 Å². The van der Waals surface area contributed by atoms with Crippen molar-refractivity contribution >= 4 is 16.5 Å². The molecule has 3 rings (SSSR count). The number of rotatable bonds is 4. The number of aryl methyl sites for hydroxylation is 1. The van der Waals surface area contributed by atoms with Crippen LogP contribution >= 0.6 is 0 Å². The normalized spacial score (nSPS) is 12.1. The number of aliphatic hydroxyl groups excluding tert-OH is 1. The zero-order valence-electron chi connectivity index (χ0n) is 13.4. The van der Waals surface area contributed by atoms with Crippen molar-refractivity contribution in [3.63, 3.8) is 0 Å².